The molecule has 1 amide bonds. The lowest BCUT2D eigenvalue weighted by atomic mass is 10.0. The zero-order valence-corrected chi connectivity index (χ0v) is 17.7. The number of primary amides is 1. The molecule has 1 heterocycles. The van der Waals surface area contributed by atoms with Crippen molar-refractivity contribution in [1.82, 2.24) is 4.57 Å². The van der Waals surface area contributed by atoms with Gasteiger partial charge < -0.3 is 25.5 Å². The van der Waals surface area contributed by atoms with Crippen LogP contribution in [0.2, 0.25) is 0 Å². The Kier molecular flexibility index (Phi) is 8.19. The van der Waals surface area contributed by atoms with Crippen molar-refractivity contribution < 1.29 is 23.9 Å². The molecule has 0 radical (unpaired) electrons. The highest BCUT2D eigenvalue weighted by Gasteiger charge is 2.30. The standard InChI is InChI=1S/C23H27N3O5/c1-4-17-21(22(28)23(25)29)20(15(3)31-14-19(27)30-5-2)18(11-12-24)26(17)13-16-9-7-6-8-10-16/h6-12H,3-5,13-14,24H2,1-2H3,(H2,25,29)/b12-11-. The van der Waals surface area contributed by atoms with E-state index >= 15 is 0 Å². The van der Waals surface area contributed by atoms with Crippen molar-refractivity contribution in [3.8, 4) is 0 Å². The van der Waals surface area contributed by atoms with Crippen LogP contribution >= 0.6 is 0 Å². The van der Waals surface area contributed by atoms with E-state index < -0.39 is 24.3 Å². The average molecular weight is 425 g/mol. The minimum absolute atomic E-state index is 0.0345. The second-order valence-electron chi connectivity index (χ2n) is 6.58. The third-order valence-electron chi connectivity index (χ3n) is 4.58. The normalized spacial score (nSPS) is 10.8. The van der Waals surface area contributed by atoms with Crippen molar-refractivity contribution >= 4 is 29.5 Å². The highest BCUT2D eigenvalue weighted by molar-refractivity contribution is 6.43. The third kappa shape index (κ3) is 5.42. The number of Topliss-reactive ketones (excluding diaryl/α,β-unsaturated/α-hetero) is 1. The maximum Gasteiger partial charge on any atom is 0.344 e. The number of ether oxygens (including phenoxy) is 2. The van der Waals surface area contributed by atoms with Gasteiger partial charge in [-0.15, -0.1) is 0 Å². The molecular formula is C23H27N3O5. The van der Waals surface area contributed by atoms with Gasteiger partial charge in [0, 0.05) is 12.2 Å². The van der Waals surface area contributed by atoms with Crippen LogP contribution in [0.3, 0.4) is 0 Å². The monoisotopic (exact) mass is 425 g/mol. The maximum atomic E-state index is 12.8. The van der Waals surface area contributed by atoms with Crippen molar-refractivity contribution in [3.05, 3.63) is 71.2 Å². The van der Waals surface area contributed by atoms with Gasteiger partial charge in [0.05, 0.1) is 23.4 Å². The molecule has 0 saturated carbocycles. The van der Waals surface area contributed by atoms with Crippen LogP contribution < -0.4 is 11.5 Å². The summed E-state index contributed by atoms with van der Waals surface area (Å²) in [5.41, 5.74) is 13.4. The number of ketones is 1. The molecule has 0 atom stereocenters. The van der Waals surface area contributed by atoms with Gasteiger partial charge in [-0.2, -0.15) is 0 Å². The van der Waals surface area contributed by atoms with E-state index in [-0.39, 0.29) is 23.5 Å². The minimum atomic E-state index is -1.10. The summed E-state index contributed by atoms with van der Waals surface area (Å²) in [4.78, 5) is 36.3. The molecule has 2 aromatic rings. The van der Waals surface area contributed by atoms with Gasteiger partial charge in [-0.25, -0.2) is 4.79 Å². The lowest BCUT2D eigenvalue weighted by Crippen LogP contribution is -2.25. The summed E-state index contributed by atoms with van der Waals surface area (Å²) in [5.74, 6) is -2.52. The first kappa shape index (κ1) is 23.5. The number of amides is 1. The van der Waals surface area contributed by atoms with E-state index in [1.54, 1.807) is 13.0 Å². The first-order chi connectivity index (χ1) is 14.8. The van der Waals surface area contributed by atoms with Crippen LogP contribution in [0.1, 0.15) is 46.7 Å². The zero-order chi connectivity index (χ0) is 23.0. The average Bonchev–Trinajstić information content (AvgIpc) is 3.05. The number of carbonyl (C=O) groups is 3. The predicted octanol–water partition coefficient (Wildman–Crippen LogP) is 2.25. The van der Waals surface area contributed by atoms with Gasteiger partial charge in [0.15, 0.2) is 6.61 Å². The Balaban J connectivity index is 2.67. The summed E-state index contributed by atoms with van der Waals surface area (Å²) in [6.45, 7) is 7.63. The van der Waals surface area contributed by atoms with Gasteiger partial charge in [-0.3, -0.25) is 9.59 Å². The van der Waals surface area contributed by atoms with Crippen LogP contribution in [-0.2, 0) is 32.0 Å². The molecule has 0 aliphatic carbocycles. The van der Waals surface area contributed by atoms with Crippen LogP contribution in [0.5, 0.6) is 0 Å². The quantitative estimate of drug-likeness (QED) is 0.246. The number of nitrogens with zero attached hydrogens (tertiary/aromatic N) is 1. The zero-order valence-electron chi connectivity index (χ0n) is 17.7. The lowest BCUT2D eigenvalue weighted by molar-refractivity contribution is -0.146. The SMILES string of the molecule is C=C(OCC(=O)OCC)c1c(C(=O)C(N)=O)c(CC)n(Cc2ccccc2)c1/C=C\N. The van der Waals surface area contributed by atoms with Gasteiger partial charge in [0.1, 0.15) is 5.76 Å². The van der Waals surface area contributed by atoms with Gasteiger partial charge in [-0.05, 0) is 31.2 Å². The van der Waals surface area contributed by atoms with E-state index in [0.29, 0.717) is 24.4 Å². The molecule has 0 bridgehead atoms. The molecule has 1 aromatic heterocycles. The molecule has 2 rings (SSSR count). The molecule has 0 unspecified atom stereocenters. The maximum absolute atomic E-state index is 12.8. The summed E-state index contributed by atoms with van der Waals surface area (Å²) in [5, 5.41) is 0. The minimum Gasteiger partial charge on any atom is -0.482 e. The Hall–Kier alpha value is -3.81. The van der Waals surface area contributed by atoms with Crippen LogP contribution in [0.4, 0.5) is 0 Å². The number of hydrogen-bond donors (Lipinski definition) is 2. The topological polar surface area (TPSA) is 127 Å². The fourth-order valence-electron chi connectivity index (χ4n) is 3.34. The molecule has 1 aromatic carbocycles. The fourth-order valence-corrected chi connectivity index (χ4v) is 3.34. The summed E-state index contributed by atoms with van der Waals surface area (Å²) < 4.78 is 12.2. The first-order valence-corrected chi connectivity index (χ1v) is 9.84. The molecule has 0 aliphatic heterocycles. The van der Waals surface area contributed by atoms with Crippen molar-refractivity contribution in [3.63, 3.8) is 0 Å². The molecule has 164 valence electrons. The van der Waals surface area contributed by atoms with E-state index in [1.807, 2.05) is 41.8 Å². The van der Waals surface area contributed by atoms with Crippen LogP contribution in [-0.4, -0.2) is 35.4 Å². The largest absolute Gasteiger partial charge is 0.482 e. The molecular weight excluding hydrogens is 398 g/mol. The Labute approximate surface area is 181 Å². The van der Waals surface area contributed by atoms with Crippen LogP contribution in [0, 0.1) is 0 Å². The highest BCUT2D eigenvalue weighted by Crippen LogP contribution is 2.32. The van der Waals surface area contributed by atoms with Gasteiger partial charge in [0.2, 0.25) is 0 Å². The van der Waals surface area contributed by atoms with Crippen LogP contribution in [0.25, 0.3) is 11.8 Å². The van der Waals surface area contributed by atoms with Gasteiger partial charge in [-0.1, -0.05) is 43.8 Å². The molecule has 0 spiro atoms. The van der Waals surface area contributed by atoms with Crippen molar-refractivity contribution in [1.29, 1.82) is 0 Å². The van der Waals surface area contributed by atoms with Crippen molar-refractivity contribution in [2.75, 3.05) is 13.2 Å². The Morgan fingerprint density at radius 3 is 2.32 bits per heavy atom. The molecule has 8 nitrogen and oxygen atoms in total. The van der Waals surface area contributed by atoms with Gasteiger partial charge >= 0.3 is 5.97 Å². The Bertz CT molecular complexity index is 1010. The number of nitrogens with two attached hydrogens (primary N) is 2. The lowest BCUT2D eigenvalue weighted by Gasteiger charge is -2.13. The number of rotatable bonds is 11. The number of hydrogen-bond acceptors (Lipinski definition) is 6. The predicted molar refractivity (Wildman–Crippen MR) is 118 cm³/mol. The Morgan fingerprint density at radius 1 is 1.10 bits per heavy atom. The van der Waals surface area contributed by atoms with E-state index in [4.69, 9.17) is 20.9 Å². The number of carbonyl (C=O) groups excluding carboxylic acids is 3. The molecule has 31 heavy (non-hydrogen) atoms. The molecule has 4 N–H and O–H groups in total. The van der Waals surface area contributed by atoms with Crippen molar-refractivity contribution in [2.24, 2.45) is 11.5 Å². The first-order valence-electron chi connectivity index (χ1n) is 9.84. The highest BCUT2D eigenvalue weighted by atomic mass is 16.6. The van der Waals surface area contributed by atoms with Crippen molar-refractivity contribution in [2.45, 2.75) is 26.8 Å². The van der Waals surface area contributed by atoms with E-state index in [1.165, 1.54) is 6.20 Å². The fraction of sp³-hybridized carbons (Fsp3) is 0.261. The summed E-state index contributed by atoms with van der Waals surface area (Å²) in [6.07, 6.45) is 3.34. The molecule has 8 heteroatoms. The van der Waals surface area contributed by atoms with E-state index in [0.717, 1.165) is 5.56 Å². The number of aromatic nitrogens is 1. The van der Waals surface area contributed by atoms with Crippen LogP contribution in [0.15, 0.2) is 43.1 Å². The van der Waals surface area contributed by atoms with Gasteiger partial charge in [0.25, 0.3) is 11.7 Å². The smallest absolute Gasteiger partial charge is 0.344 e. The molecule has 0 aliphatic rings. The van der Waals surface area contributed by atoms with E-state index in [2.05, 4.69) is 6.58 Å². The summed E-state index contributed by atoms with van der Waals surface area (Å²) in [7, 11) is 0. The number of esters is 1. The molecule has 0 fully saturated rings. The molecule has 0 saturated heterocycles. The summed E-state index contributed by atoms with van der Waals surface area (Å²) in [6, 6.07) is 9.59. The second kappa shape index (κ2) is 10.8. The van der Waals surface area contributed by atoms with E-state index in [9.17, 15) is 14.4 Å². The summed E-state index contributed by atoms with van der Waals surface area (Å²) >= 11 is 0. The number of benzene rings is 1. The third-order valence-corrected chi connectivity index (χ3v) is 4.58. The Morgan fingerprint density at radius 2 is 1.77 bits per heavy atom. The second-order valence-corrected chi connectivity index (χ2v) is 6.58.